The Kier molecular flexibility index (Phi) is 4.17. The van der Waals surface area contributed by atoms with Gasteiger partial charge in [0.05, 0.1) is 0 Å². The molecule has 8 nitrogen and oxygen atoms in total. The van der Waals surface area contributed by atoms with E-state index in [1.54, 1.807) is 6.07 Å². The SMILES string of the molecule is O=C1CCC(N2Cc3ccc(COC(=O)NC4C5C6CC7C6C5(c5ccccc5)C74)cc3C2=O)C(=O)N1. The molecule has 37 heavy (non-hydrogen) atoms. The van der Waals surface area contributed by atoms with Gasteiger partial charge in [0.1, 0.15) is 12.6 Å². The van der Waals surface area contributed by atoms with Crippen LogP contribution in [-0.4, -0.2) is 40.8 Å². The van der Waals surface area contributed by atoms with Crippen molar-refractivity contribution in [3.8, 4) is 0 Å². The molecule has 6 aliphatic rings. The van der Waals surface area contributed by atoms with Crippen LogP contribution in [0.3, 0.4) is 0 Å². The van der Waals surface area contributed by atoms with Gasteiger partial charge in [-0.3, -0.25) is 19.7 Å². The van der Waals surface area contributed by atoms with E-state index in [4.69, 9.17) is 4.74 Å². The van der Waals surface area contributed by atoms with Gasteiger partial charge in [-0.2, -0.15) is 0 Å². The second-order valence-corrected chi connectivity index (χ2v) is 11.6. The number of nitrogens with zero attached hydrogens (tertiary/aromatic N) is 1. The van der Waals surface area contributed by atoms with Crippen molar-refractivity contribution in [3.05, 3.63) is 70.8 Å². The van der Waals surface area contributed by atoms with Crippen molar-refractivity contribution in [1.82, 2.24) is 15.5 Å². The van der Waals surface area contributed by atoms with Gasteiger partial charge in [-0.15, -0.1) is 0 Å². The highest BCUT2D eigenvalue weighted by molar-refractivity contribution is 6.05. The van der Waals surface area contributed by atoms with E-state index in [0.717, 1.165) is 28.9 Å². The van der Waals surface area contributed by atoms with Crippen molar-refractivity contribution in [2.24, 2.45) is 29.6 Å². The van der Waals surface area contributed by atoms with Gasteiger partial charge in [-0.25, -0.2) is 4.79 Å². The topological polar surface area (TPSA) is 105 Å². The first-order chi connectivity index (χ1) is 18.0. The quantitative estimate of drug-likeness (QED) is 0.618. The van der Waals surface area contributed by atoms with E-state index >= 15 is 0 Å². The highest BCUT2D eigenvalue weighted by atomic mass is 16.5. The number of rotatable bonds is 5. The lowest BCUT2D eigenvalue weighted by molar-refractivity contribution is -0.407. The number of benzene rings is 2. The van der Waals surface area contributed by atoms with E-state index in [1.165, 1.54) is 16.9 Å². The Morgan fingerprint density at radius 3 is 2.59 bits per heavy atom. The molecule has 4 saturated carbocycles. The third-order valence-electron chi connectivity index (χ3n) is 10.3. The molecule has 1 saturated heterocycles. The van der Waals surface area contributed by atoms with Crippen molar-refractivity contribution < 1.29 is 23.9 Å². The minimum atomic E-state index is -0.641. The Labute approximate surface area is 213 Å². The average molecular weight is 498 g/mol. The zero-order chi connectivity index (χ0) is 25.1. The largest absolute Gasteiger partial charge is 0.445 e. The number of ether oxygens (including phenoxy) is 1. The molecule has 188 valence electrons. The number of alkyl carbamates (subject to hydrolysis) is 1. The molecule has 0 bridgehead atoms. The Bertz CT molecular complexity index is 1370. The van der Waals surface area contributed by atoms with Crippen LogP contribution >= 0.6 is 0 Å². The summed E-state index contributed by atoms with van der Waals surface area (Å²) in [5.41, 5.74) is 3.80. The molecule has 5 atom stereocenters. The van der Waals surface area contributed by atoms with Gasteiger partial charge < -0.3 is 15.0 Å². The first kappa shape index (κ1) is 21.4. The van der Waals surface area contributed by atoms with Gasteiger partial charge in [-0.05, 0) is 65.2 Å². The molecule has 4 aliphatic carbocycles. The average Bonchev–Trinajstić information content (AvgIpc) is 3.22. The van der Waals surface area contributed by atoms with Crippen LogP contribution in [-0.2, 0) is 32.9 Å². The second-order valence-electron chi connectivity index (χ2n) is 11.6. The van der Waals surface area contributed by atoms with Gasteiger partial charge in [-0.1, -0.05) is 42.5 Å². The van der Waals surface area contributed by atoms with Crippen molar-refractivity contribution in [2.75, 3.05) is 0 Å². The fourth-order valence-electron chi connectivity index (χ4n) is 9.05. The Morgan fingerprint density at radius 2 is 1.84 bits per heavy atom. The maximum absolute atomic E-state index is 13.0. The molecule has 0 aromatic heterocycles. The van der Waals surface area contributed by atoms with Gasteiger partial charge in [0.25, 0.3) is 5.91 Å². The van der Waals surface area contributed by atoms with Crippen LogP contribution in [0.2, 0.25) is 0 Å². The summed E-state index contributed by atoms with van der Waals surface area (Å²) in [7, 11) is 0. The minimum Gasteiger partial charge on any atom is -0.445 e. The molecule has 5 unspecified atom stereocenters. The molecule has 0 radical (unpaired) electrons. The van der Waals surface area contributed by atoms with Crippen molar-refractivity contribution in [1.29, 1.82) is 0 Å². The highest BCUT2D eigenvalue weighted by Crippen LogP contribution is 2.90. The maximum Gasteiger partial charge on any atom is 0.407 e. The molecule has 2 heterocycles. The number of imide groups is 1. The maximum atomic E-state index is 13.0. The van der Waals surface area contributed by atoms with Crippen LogP contribution < -0.4 is 10.6 Å². The van der Waals surface area contributed by atoms with E-state index in [1.807, 2.05) is 12.1 Å². The normalized spacial score (nSPS) is 37.7. The lowest BCUT2D eigenvalue weighted by atomic mass is 9.11. The summed E-state index contributed by atoms with van der Waals surface area (Å²) in [6.45, 7) is 0.408. The first-order valence-electron chi connectivity index (χ1n) is 13.2. The summed E-state index contributed by atoms with van der Waals surface area (Å²) in [6, 6.07) is 15.8. The second kappa shape index (κ2) is 7.21. The van der Waals surface area contributed by atoms with Crippen LogP contribution in [0.4, 0.5) is 4.79 Å². The standard InChI is InChI=1S/C29H27N3O5/c33-21-9-8-20(26(34)30-21)32-12-15-7-6-14(10-17(15)27(32)35)13-37-28(36)31-25-23-18-11-19-22(18)29(23,24(19)25)16-4-2-1-3-5-16/h1-7,10,18-20,22-25H,8-9,11-13H2,(H,31,36)(H,30,33,34). The van der Waals surface area contributed by atoms with E-state index in [-0.39, 0.29) is 36.3 Å². The number of hydrogen-bond acceptors (Lipinski definition) is 5. The molecule has 8 heteroatoms. The number of fused-ring (bicyclic) bond motifs is 3. The summed E-state index contributed by atoms with van der Waals surface area (Å²) in [6.07, 6.45) is 1.46. The zero-order valence-corrected chi connectivity index (χ0v) is 20.2. The number of nitrogens with one attached hydrogen (secondary N) is 2. The summed E-state index contributed by atoms with van der Waals surface area (Å²) in [4.78, 5) is 51.1. The molecule has 8 rings (SSSR count). The van der Waals surface area contributed by atoms with E-state index < -0.39 is 18.0 Å². The molecule has 5 fully saturated rings. The van der Waals surface area contributed by atoms with Gasteiger partial charge in [0, 0.05) is 30.0 Å². The monoisotopic (exact) mass is 497 g/mol. The molecule has 2 aliphatic heterocycles. The molecule has 4 amide bonds. The molecular weight excluding hydrogens is 470 g/mol. The fraction of sp³-hybridized carbons (Fsp3) is 0.448. The third kappa shape index (κ3) is 2.58. The fourth-order valence-corrected chi connectivity index (χ4v) is 9.05. The molecule has 2 aromatic rings. The van der Waals surface area contributed by atoms with Crippen LogP contribution in [0.1, 0.15) is 46.3 Å². The highest BCUT2D eigenvalue weighted by Gasteiger charge is 2.91. The van der Waals surface area contributed by atoms with Crippen LogP contribution in [0.15, 0.2) is 48.5 Å². The lowest BCUT2D eigenvalue weighted by Gasteiger charge is -2.93. The molecule has 2 N–H and O–H groups in total. The number of hydrogen-bond donors (Lipinski definition) is 2. The Hall–Kier alpha value is -3.68. The van der Waals surface area contributed by atoms with Crippen LogP contribution in [0, 0.1) is 29.6 Å². The summed E-state index contributed by atoms with van der Waals surface area (Å²) in [5.74, 6) is 2.34. The van der Waals surface area contributed by atoms with Crippen molar-refractivity contribution in [3.63, 3.8) is 0 Å². The number of carbonyl (C=O) groups is 4. The minimum absolute atomic E-state index is 0.0756. The van der Waals surface area contributed by atoms with Gasteiger partial charge in [0.2, 0.25) is 11.8 Å². The summed E-state index contributed by atoms with van der Waals surface area (Å²) < 4.78 is 5.59. The number of piperidine rings is 1. The number of amides is 4. The summed E-state index contributed by atoms with van der Waals surface area (Å²) in [5, 5.41) is 5.49. The zero-order valence-electron chi connectivity index (χ0n) is 20.2. The van der Waals surface area contributed by atoms with E-state index in [0.29, 0.717) is 30.4 Å². The first-order valence-corrected chi connectivity index (χ1v) is 13.2. The Balaban J connectivity index is 0.909. The molecular formula is C29H27N3O5. The van der Waals surface area contributed by atoms with Crippen molar-refractivity contribution in [2.45, 2.75) is 49.9 Å². The third-order valence-corrected chi connectivity index (χ3v) is 10.3. The lowest BCUT2D eigenvalue weighted by Crippen LogP contribution is -2.96. The van der Waals surface area contributed by atoms with E-state index in [2.05, 4.69) is 41.0 Å². The van der Waals surface area contributed by atoms with E-state index in [9.17, 15) is 19.2 Å². The van der Waals surface area contributed by atoms with Crippen molar-refractivity contribution >= 4 is 23.8 Å². The Morgan fingerprint density at radius 1 is 1.05 bits per heavy atom. The van der Waals surface area contributed by atoms with Crippen LogP contribution in [0.25, 0.3) is 0 Å². The predicted octanol–water partition coefficient (Wildman–Crippen LogP) is 2.51. The summed E-state index contributed by atoms with van der Waals surface area (Å²) >= 11 is 0. The van der Waals surface area contributed by atoms with Gasteiger partial charge in [0.15, 0.2) is 0 Å². The van der Waals surface area contributed by atoms with Crippen LogP contribution in [0.5, 0.6) is 0 Å². The number of carbonyl (C=O) groups excluding carboxylic acids is 4. The molecule has 2 aromatic carbocycles. The molecule has 0 spiro atoms. The predicted molar refractivity (Wildman–Crippen MR) is 130 cm³/mol. The van der Waals surface area contributed by atoms with Gasteiger partial charge >= 0.3 is 6.09 Å². The smallest absolute Gasteiger partial charge is 0.407 e.